The molecular weight excluding hydrogens is 242 g/mol. The number of hydrogen-bond acceptors (Lipinski definition) is 3. The number of likely N-dealkylation sites (tertiary alicyclic amines) is 1. The van der Waals surface area contributed by atoms with Gasteiger partial charge in [-0.2, -0.15) is 0 Å². The highest BCUT2D eigenvalue weighted by atomic mass is 16.4. The Kier molecular flexibility index (Phi) is 2.98. The fraction of sp³-hybridized carbons (Fsp3) is 0.429. The van der Waals surface area contributed by atoms with Crippen LogP contribution >= 0.6 is 0 Å². The van der Waals surface area contributed by atoms with Crippen molar-refractivity contribution in [3.63, 3.8) is 0 Å². The highest BCUT2D eigenvalue weighted by Gasteiger charge is 2.24. The predicted octanol–water partition coefficient (Wildman–Crippen LogP) is 2.19. The minimum atomic E-state index is -0.903. The smallest absolute Gasteiger partial charge is 0.335 e. The summed E-state index contributed by atoms with van der Waals surface area (Å²) in [6.07, 6.45) is 7.13. The van der Waals surface area contributed by atoms with Gasteiger partial charge in [-0.15, -0.1) is 0 Å². The van der Waals surface area contributed by atoms with Crippen LogP contribution in [-0.4, -0.2) is 39.0 Å². The summed E-state index contributed by atoms with van der Waals surface area (Å²) in [5.41, 5.74) is 1.14. The van der Waals surface area contributed by atoms with Crippen molar-refractivity contribution < 1.29 is 9.90 Å². The summed E-state index contributed by atoms with van der Waals surface area (Å²) < 4.78 is 2.00. The number of pyridine rings is 1. The van der Waals surface area contributed by atoms with E-state index in [0.29, 0.717) is 11.6 Å². The number of carboxylic acids is 1. The summed E-state index contributed by atoms with van der Waals surface area (Å²) in [5.74, 6) is 0.106. The van der Waals surface area contributed by atoms with E-state index in [4.69, 9.17) is 5.11 Å². The zero-order valence-electron chi connectivity index (χ0n) is 10.9. The molecule has 19 heavy (non-hydrogen) atoms. The highest BCUT2D eigenvalue weighted by molar-refractivity contribution is 5.88. The first kappa shape index (κ1) is 12.2. The van der Waals surface area contributed by atoms with Gasteiger partial charge < -0.3 is 9.51 Å². The van der Waals surface area contributed by atoms with Crippen molar-refractivity contribution in [3.05, 3.63) is 35.9 Å². The second kappa shape index (κ2) is 4.66. The summed E-state index contributed by atoms with van der Waals surface area (Å²) in [4.78, 5) is 17.8. The van der Waals surface area contributed by atoms with E-state index < -0.39 is 5.97 Å². The van der Waals surface area contributed by atoms with E-state index in [-0.39, 0.29) is 0 Å². The number of fused-ring (bicyclic) bond motifs is 1. The molecule has 1 N–H and O–H groups in total. The first-order valence-electron chi connectivity index (χ1n) is 6.57. The molecule has 0 aliphatic carbocycles. The molecule has 5 heteroatoms. The number of carboxylic acid groups (broad SMARTS) is 1. The summed E-state index contributed by atoms with van der Waals surface area (Å²) in [6, 6.07) is 3.62. The van der Waals surface area contributed by atoms with Crippen LogP contribution in [0.3, 0.4) is 0 Å². The van der Waals surface area contributed by atoms with Crippen molar-refractivity contribution in [2.24, 2.45) is 0 Å². The van der Waals surface area contributed by atoms with Crippen LogP contribution in [0, 0.1) is 0 Å². The van der Waals surface area contributed by atoms with E-state index in [2.05, 4.69) is 16.9 Å². The standard InChI is InChI=1S/C14H17N3O2/c1-16-6-3-2-4-12(16)13-15-9-11-8-10(14(18)19)5-7-17(11)13/h5,7-9,12H,2-4,6H2,1H3,(H,18,19). The summed E-state index contributed by atoms with van der Waals surface area (Å²) in [7, 11) is 2.12. The minimum Gasteiger partial charge on any atom is -0.478 e. The molecule has 1 unspecified atom stereocenters. The van der Waals surface area contributed by atoms with Gasteiger partial charge in [-0.25, -0.2) is 9.78 Å². The van der Waals surface area contributed by atoms with E-state index in [9.17, 15) is 4.79 Å². The Morgan fingerprint density at radius 1 is 1.47 bits per heavy atom. The molecule has 1 atom stereocenters. The van der Waals surface area contributed by atoms with Crippen molar-refractivity contribution in [1.29, 1.82) is 0 Å². The maximum Gasteiger partial charge on any atom is 0.335 e. The Morgan fingerprint density at radius 2 is 2.32 bits per heavy atom. The first-order chi connectivity index (χ1) is 9.16. The Morgan fingerprint density at radius 3 is 3.05 bits per heavy atom. The number of aromatic carboxylic acids is 1. The van der Waals surface area contributed by atoms with Gasteiger partial charge in [0.1, 0.15) is 5.82 Å². The monoisotopic (exact) mass is 259 g/mol. The molecule has 0 saturated carbocycles. The third-order valence-corrected chi connectivity index (χ3v) is 3.88. The van der Waals surface area contributed by atoms with Crippen LogP contribution in [0.5, 0.6) is 0 Å². The average molecular weight is 259 g/mol. The molecule has 0 bridgehead atoms. The number of rotatable bonds is 2. The van der Waals surface area contributed by atoms with Crippen LogP contribution in [-0.2, 0) is 0 Å². The van der Waals surface area contributed by atoms with Crippen LogP contribution < -0.4 is 0 Å². The average Bonchev–Trinajstić information content (AvgIpc) is 2.82. The van der Waals surface area contributed by atoms with Gasteiger partial charge >= 0.3 is 5.97 Å². The lowest BCUT2D eigenvalue weighted by Crippen LogP contribution is -2.30. The molecule has 1 fully saturated rings. The van der Waals surface area contributed by atoms with Gasteiger partial charge in [0.25, 0.3) is 0 Å². The van der Waals surface area contributed by atoms with E-state index in [1.165, 1.54) is 12.8 Å². The summed E-state index contributed by atoms with van der Waals surface area (Å²) >= 11 is 0. The maximum atomic E-state index is 11.0. The van der Waals surface area contributed by atoms with Gasteiger partial charge in [0.2, 0.25) is 0 Å². The number of imidazole rings is 1. The number of carbonyl (C=O) groups is 1. The van der Waals surface area contributed by atoms with E-state index in [1.807, 2.05) is 10.6 Å². The lowest BCUT2D eigenvalue weighted by atomic mass is 10.0. The number of aromatic nitrogens is 2. The second-order valence-electron chi connectivity index (χ2n) is 5.12. The van der Waals surface area contributed by atoms with Crippen molar-refractivity contribution >= 4 is 11.5 Å². The third-order valence-electron chi connectivity index (χ3n) is 3.88. The van der Waals surface area contributed by atoms with E-state index >= 15 is 0 Å². The number of hydrogen-bond donors (Lipinski definition) is 1. The Bertz CT molecular complexity index is 620. The minimum absolute atomic E-state index is 0.302. The molecule has 0 spiro atoms. The summed E-state index contributed by atoms with van der Waals surface area (Å²) in [5, 5.41) is 9.00. The Labute approximate surface area is 111 Å². The Balaban J connectivity index is 2.03. The van der Waals surface area contributed by atoms with Gasteiger partial charge in [0.05, 0.1) is 23.3 Å². The molecule has 5 nitrogen and oxygen atoms in total. The lowest BCUT2D eigenvalue weighted by Gasteiger charge is -2.31. The molecule has 2 aromatic heterocycles. The van der Waals surface area contributed by atoms with Crippen molar-refractivity contribution in [1.82, 2.24) is 14.3 Å². The van der Waals surface area contributed by atoms with Gasteiger partial charge in [-0.1, -0.05) is 6.42 Å². The predicted molar refractivity (Wildman–Crippen MR) is 71.4 cm³/mol. The summed E-state index contributed by atoms with van der Waals surface area (Å²) in [6.45, 7) is 1.09. The second-order valence-corrected chi connectivity index (χ2v) is 5.12. The molecule has 1 saturated heterocycles. The van der Waals surface area contributed by atoms with Crippen LogP contribution in [0.4, 0.5) is 0 Å². The van der Waals surface area contributed by atoms with Crippen LogP contribution in [0.15, 0.2) is 24.5 Å². The molecule has 3 heterocycles. The van der Waals surface area contributed by atoms with Crippen molar-refractivity contribution in [2.75, 3.05) is 13.6 Å². The lowest BCUT2D eigenvalue weighted by molar-refractivity contribution is 0.0697. The van der Waals surface area contributed by atoms with Crippen LogP contribution in [0.25, 0.3) is 5.52 Å². The Hall–Kier alpha value is -1.88. The van der Waals surface area contributed by atoms with E-state index in [1.54, 1.807) is 18.3 Å². The molecule has 0 amide bonds. The maximum absolute atomic E-state index is 11.0. The molecule has 100 valence electrons. The zero-order valence-corrected chi connectivity index (χ0v) is 10.9. The molecular formula is C14H17N3O2. The molecule has 2 aromatic rings. The van der Waals surface area contributed by atoms with Crippen molar-refractivity contribution in [2.45, 2.75) is 25.3 Å². The fourth-order valence-electron chi connectivity index (χ4n) is 2.80. The topological polar surface area (TPSA) is 57.8 Å². The zero-order chi connectivity index (χ0) is 13.4. The first-order valence-corrected chi connectivity index (χ1v) is 6.57. The SMILES string of the molecule is CN1CCCCC1c1ncc2cc(C(=O)O)ccn12. The molecule has 1 aliphatic rings. The van der Waals surface area contributed by atoms with Gasteiger partial charge in [0.15, 0.2) is 0 Å². The van der Waals surface area contributed by atoms with Gasteiger partial charge in [0, 0.05) is 6.20 Å². The quantitative estimate of drug-likeness (QED) is 0.898. The molecule has 0 radical (unpaired) electrons. The third kappa shape index (κ3) is 2.10. The fourth-order valence-corrected chi connectivity index (χ4v) is 2.80. The van der Waals surface area contributed by atoms with E-state index in [0.717, 1.165) is 24.3 Å². The van der Waals surface area contributed by atoms with Gasteiger partial charge in [-0.3, -0.25) is 4.90 Å². The molecule has 3 rings (SSSR count). The highest BCUT2D eigenvalue weighted by Crippen LogP contribution is 2.29. The van der Waals surface area contributed by atoms with Crippen LogP contribution in [0.1, 0.15) is 41.5 Å². The van der Waals surface area contributed by atoms with Crippen LogP contribution in [0.2, 0.25) is 0 Å². The largest absolute Gasteiger partial charge is 0.478 e. The normalized spacial score (nSPS) is 20.8. The molecule has 1 aliphatic heterocycles. The van der Waals surface area contributed by atoms with Crippen molar-refractivity contribution in [3.8, 4) is 0 Å². The number of piperidine rings is 1. The van der Waals surface area contributed by atoms with Gasteiger partial charge in [-0.05, 0) is 38.6 Å². The number of nitrogens with zero attached hydrogens (tertiary/aromatic N) is 3. The molecule has 0 aromatic carbocycles.